The highest BCUT2D eigenvalue weighted by Gasteiger charge is 2.18. The number of nitrogens with zero attached hydrogens (tertiary/aromatic N) is 2. The van der Waals surface area contributed by atoms with Gasteiger partial charge < -0.3 is 15.2 Å². The molecular weight excluding hydrogens is 240 g/mol. The fourth-order valence-electron chi connectivity index (χ4n) is 1.69. The fraction of sp³-hybridized carbons (Fsp3) is 0.714. The van der Waals surface area contributed by atoms with Crippen LogP contribution in [0.3, 0.4) is 0 Å². The molecule has 0 unspecified atom stereocenters. The van der Waals surface area contributed by atoms with E-state index in [1.165, 1.54) is 0 Å². The molecule has 0 atom stereocenters. The number of hydrogen-bond donors (Lipinski definition) is 2. The van der Waals surface area contributed by atoms with Crippen molar-refractivity contribution in [3.8, 4) is 0 Å². The van der Waals surface area contributed by atoms with Gasteiger partial charge in [0, 0.05) is 17.9 Å². The van der Waals surface area contributed by atoms with Crippen LogP contribution in [0.25, 0.3) is 0 Å². The normalized spacial score (nSPS) is 11.6. The van der Waals surface area contributed by atoms with Gasteiger partial charge in [0.15, 0.2) is 0 Å². The Morgan fingerprint density at radius 1 is 1.42 bits per heavy atom. The highest BCUT2D eigenvalue weighted by Crippen LogP contribution is 2.07. The lowest BCUT2D eigenvalue weighted by Crippen LogP contribution is -2.44. The van der Waals surface area contributed by atoms with Crippen LogP contribution in [0.4, 0.5) is 0 Å². The minimum atomic E-state index is -0.154. The fourth-order valence-corrected chi connectivity index (χ4v) is 1.69. The van der Waals surface area contributed by atoms with E-state index < -0.39 is 0 Å². The Labute approximate surface area is 115 Å². The predicted octanol–water partition coefficient (Wildman–Crippen LogP) is 1.69. The van der Waals surface area contributed by atoms with Crippen molar-refractivity contribution in [1.82, 2.24) is 20.2 Å². The molecular formula is C14H26N4O. The van der Waals surface area contributed by atoms with Crippen molar-refractivity contribution in [3.05, 3.63) is 18.2 Å². The number of carbonyl (C=O) groups excluding carboxylic acids is 1. The lowest BCUT2D eigenvalue weighted by atomic mass is 10.0. The smallest absolute Gasteiger partial charge is 0.240 e. The Morgan fingerprint density at radius 3 is 2.79 bits per heavy atom. The first kappa shape index (κ1) is 15.7. The van der Waals surface area contributed by atoms with E-state index >= 15 is 0 Å². The van der Waals surface area contributed by atoms with Gasteiger partial charge in [0.2, 0.25) is 5.91 Å². The molecule has 0 fully saturated rings. The van der Waals surface area contributed by atoms with Crippen LogP contribution in [-0.4, -0.2) is 27.5 Å². The summed E-state index contributed by atoms with van der Waals surface area (Å²) in [6.07, 6.45) is 5.59. The monoisotopic (exact) mass is 266 g/mol. The van der Waals surface area contributed by atoms with Gasteiger partial charge in [-0.2, -0.15) is 0 Å². The molecule has 0 saturated heterocycles. The Kier molecular flexibility index (Phi) is 6.02. The lowest BCUT2D eigenvalue weighted by molar-refractivity contribution is -0.123. The number of amides is 1. The molecule has 5 nitrogen and oxygen atoms in total. The molecule has 1 amide bonds. The molecule has 0 aliphatic rings. The number of nitrogens with one attached hydrogen (secondary N) is 2. The molecule has 1 aromatic rings. The zero-order valence-corrected chi connectivity index (χ0v) is 12.5. The first-order chi connectivity index (χ1) is 8.98. The number of carbonyl (C=O) groups is 1. The highest BCUT2D eigenvalue weighted by molar-refractivity contribution is 5.76. The predicted molar refractivity (Wildman–Crippen MR) is 76.7 cm³/mol. The molecule has 1 aromatic heterocycles. The summed E-state index contributed by atoms with van der Waals surface area (Å²) in [5, 5.41) is 6.33. The third-order valence-electron chi connectivity index (χ3n) is 3.19. The summed E-state index contributed by atoms with van der Waals surface area (Å²) in [7, 11) is 0. The zero-order valence-electron chi connectivity index (χ0n) is 12.5. The summed E-state index contributed by atoms with van der Waals surface area (Å²) in [4.78, 5) is 16.3. The first-order valence-corrected chi connectivity index (χ1v) is 7.00. The molecule has 0 aromatic carbocycles. The summed E-state index contributed by atoms with van der Waals surface area (Å²) >= 11 is 0. The average molecular weight is 266 g/mol. The summed E-state index contributed by atoms with van der Waals surface area (Å²) in [5.41, 5.74) is -0.154. The molecule has 19 heavy (non-hydrogen) atoms. The van der Waals surface area contributed by atoms with Crippen molar-refractivity contribution in [3.63, 3.8) is 0 Å². The van der Waals surface area contributed by atoms with Crippen LogP contribution in [0.5, 0.6) is 0 Å². The Bertz CT molecular complexity index is 398. The van der Waals surface area contributed by atoms with Crippen molar-refractivity contribution in [2.75, 3.05) is 6.54 Å². The van der Waals surface area contributed by atoms with Gasteiger partial charge >= 0.3 is 0 Å². The van der Waals surface area contributed by atoms with Gasteiger partial charge in [-0.15, -0.1) is 0 Å². The molecule has 108 valence electrons. The van der Waals surface area contributed by atoms with E-state index in [4.69, 9.17) is 0 Å². The van der Waals surface area contributed by atoms with E-state index in [0.717, 1.165) is 25.2 Å². The van der Waals surface area contributed by atoms with Gasteiger partial charge in [0.1, 0.15) is 12.4 Å². The topological polar surface area (TPSA) is 59.0 Å². The first-order valence-electron chi connectivity index (χ1n) is 7.00. The van der Waals surface area contributed by atoms with Gasteiger partial charge in [-0.05, 0) is 33.2 Å². The molecule has 0 saturated carbocycles. The molecule has 0 spiro atoms. The minimum Gasteiger partial charge on any atom is -0.350 e. The number of imidazole rings is 1. The van der Waals surface area contributed by atoms with Crippen molar-refractivity contribution in [1.29, 1.82) is 0 Å². The van der Waals surface area contributed by atoms with Crippen molar-refractivity contribution < 1.29 is 4.79 Å². The van der Waals surface area contributed by atoms with E-state index in [2.05, 4.69) is 29.5 Å². The summed E-state index contributed by atoms with van der Waals surface area (Å²) in [5.74, 6) is 0.930. The highest BCUT2D eigenvalue weighted by atomic mass is 16.2. The van der Waals surface area contributed by atoms with E-state index in [-0.39, 0.29) is 11.4 Å². The molecule has 0 aliphatic carbocycles. The van der Waals surface area contributed by atoms with Crippen molar-refractivity contribution in [2.45, 2.75) is 59.2 Å². The molecule has 0 aliphatic heterocycles. The molecule has 0 bridgehead atoms. The second-order valence-electron chi connectivity index (χ2n) is 5.43. The summed E-state index contributed by atoms with van der Waals surface area (Å²) in [6, 6.07) is 0. The van der Waals surface area contributed by atoms with Crippen molar-refractivity contribution >= 4 is 5.91 Å². The Morgan fingerprint density at radius 2 is 2.16 bits per heavy atom. The molecule has 1 heterocycles. The van der Waals surface area contributed by atoms with Gasteiger partial charge in [-0.1, -0.05) is 13.8 Å². The van der Waals surface area contributed by atoms with Gasteiger partial charge in [0.05, 0.1) is 6.54 Å². The van der Waals surface area contributed by atoms with Gasteiger partial charge in [-0.3, -0.25) is 4.79 Å². The Balaban J connectivity index is 2.52. The maximum Gasteiger partial charge on any atom is 0.240 e. The molecule has 0 radical (unpaired) electrons. The SMILES string of the molecule is CCCNCc1nccn1CC(=O)NC(C)(C)CC. The number of hydrogen-bond acceptors (Lipinski definition) is 3. The van der Waals surface area contributed by atoms with Gasteiger partial charge in [0.25, 0.3) is 0 Å². The van der Waals surface area contributed by atoms with Crippen molar-refractivity contribution in [2.24, 2.45) is 0 Å². The third-order valence-corrected chi connectivity index (χ3v) is 3.19. The van der Waals surface area contributed by atoms with Crippen LogP contribution in [0.1, 0.15) is 46.4 Å². The summed E-state index contributed by atoms with van der Waals surface area (Å²) < 4.78 is 1.89. The van der Waals surface area contributed by atoms with Crippen LogP contribution >= 0.6 is 0 Å². The second-order valence-corrected chi connectivity index (χ2v) is 5.43. The number of rotatable bonds is 8. The van der Waals surface area contributed by atoms with E-state index in [1.807, 2.05) is 24.6 Å². The maximum atomic E-state index is 12.0. The van der Waals surface area contributed by atoms with Crippen LogP contribution in [-0.2, 0) is 17.9 Å². The van der Waals surface area contributed by atoms with Gasteiger partial charge in [-0.25, -0.2) is 4.98 Å². The maximum absolute atomic E-state index is 12.0. The van der Waals surface area contributed by atoms with E-state index in [9.17, 15) is 4.79 Å². The molecule has 1 rings (SSSR count). The van der Waals surface area contributed by atoms with Crippen LogP contribution in [0, 0.1) is 0 Å². The Hall–Kier alpha value is -1.36. The quantitative estimate of drug-likeness (QED) is 0.704. The molecule has 2 N–H and O–H groups in total. The van der Waals surface area contributed by atoms with E-state index in [1.54, 1.807) is 6.20 Å². The second kappa shape index (κ2) is 7.28. The standard InChI is InChI=1S/C14H26N4O/c1-5-7-15-10-12-16-8-9-18(12)11-13(19)17-14(3,4)6-2/h8-9,15H,5-7,10-11H2,1-4H3,(H,17,19). The molecule has 5 heteroatoms. The van der Waals surface area contributed by atoms with Crippen LogP contribution in [0.15, 0.2) is 12.4 Å². The zero-order chi connectivity index (χ0) is 14.3. The average Bonchev–Trinajstić information content (AvgIpc) is 2.76. The third kappa shape index (κ3) is 5.42. The summed E-state index contributed by atoms with van der Waals surface area (Å²) in [6.45, 7) is 10.2. The van der Waals surface area contributed by atoms with Crippen LogP contribution < -0.4 is 10.6 Å². The lowest BCUT2D eigenvalue weighted by Gasteiger charge is -2.24. The largest absolute Gasteiger partial charge is 0.350 e. The minimum absolute atomic E-state index is 0.0293. The van der Waals surface area contributed by atoms with E-state index in [0.29, 0.717) is 13.1 Å². The van der Waals surface area contributed by atoms with Crippen LogP contribution in [0.2, 0.25) is 0 Å². The number of aromatic nitrogens is 2.